The average molecular weight is 264 g/mol. The van der Waals surface area contributed by atoms with Crippen LogP contribution in [0.15, 0.2) is 0 Å². The zero-order valence-corrected chi connectivity index (χ0v) is 12.2. The van der Waals surface area contributed by atoms with Crippen LogP contribution in [-0.2, 0) is 4.79 Å². The van der Waals surface area contributed by atoms with Gasteiger partial charge in [-0.15, -0.1) is 0 Å². The number of nitrogens with one attached hydrogen (secondary N) is 2. The number of carbonyl (C=O) groups excluding carboxylic acids is 1. The van der Waals surface area contributed by atoms with E-state index in [1.807, 2.05) is 0 Å². The van der Waals surface area contributed by atoms with Gasteiger partial charge in [-0.1, -0.05) is 26.2 Å². The van der Waals surface area contributed by atoms with Crippen LogP contribution in [0.25, 0.3) is 0 Å². The Morgan fingerprint density at radius 3 is 2.68 bits per heavy atom. The van der Waals surface area contributed by atoms with Crippen LogP contribution in [0.3, 0.4) is 0 Å². The lowest BCUT2D eigenvalue weighted by molar-refractivity contribution is -0.123. The monoisotopic (exact) mass is 264 g/mol. The Bertz CT molecular complexity index is 318. The fourth-order valence-electron chi connectivity index (χ4n) is 4.25. The van der Waals surface area contributed by atoms with Crippen LogP contribution in [0.2, 0.25) is 0 Å². The van der Waals surface area contributed by atoms with Crippen molar-refractivity contribution in [1.82, 2.24) is 10.6 Å². The van der Waals surface area contributed by atoms with Gasteiger partial charge < -0.3 is 10.6 Å². The maximum atomic E-state index is 12.3. The number of hydrogen-bond acceptors (Lipinski definition) is 2. The molecule has 3 nitrogen and oxygen atoms in total. The fraction of sp³-hybridized carbons (Fsp3) is 0.938. The van der Waals surface area contributed by atoms with Crippen molar-refractivity contribution in [3.8, 4) is 0 Å². The smallest absolute Gasteiger partial charge is 0.237 e. The Balaban J connectivity index is 1.48. The Hall–Kier alpha value is -0.570. The Morgan fingerprint density at radius 1 is 1.26 bits per heavy atom. The highest BCUT2D eigenvalue weighted by Gasteiger charge is 2.40. The van der Waals surface area contributed by atoms with E-state index in [1.165, 1.54) is 51.4 Å². The van der Waals surface area contributed by atoms with Crippen molar-refractivity contribution in [3.05, 3.63) is 0 Å². The van der Waals surface area contributed by atoms with Crippen molar-refractivity contribution in [3.63, 3.8) is 0 Å². The lowest BCUT2D eigenvalue weighted by Gasteiger charge is -2.41. The van der Waals surface area contributed by atoms with Crippen LogP contribution in [0.4, 0.5) is 0 Å². The molecule has 3 fully saturated rings. The molecule has 0 radical (unpaired) electrons. The third-order valence-electron chi connectivity index (χ3n) is 5.98. The van der Waals surface area contributed by atoms with E-state index in [4.69, 9.17) is 0 Å². The molecule has 0 aromatic heterocycles. The highest BCUT2D eigenvalue weighted by molar-refractivity contribution is 5.82. The van der Waals surface area contributed by atoms with Gasteiger partial charge in [0.2, 0.25) is 5.91 Å². The lowest BCUT2D eigenvalue weighted by Crippen LogP contribution is -2.48. The Labute approximate surface area is 116 Å². The van der Waals surface area contributed by atoms with Crippen LogP contribution in [-0.4, -0.2) is 24.5 Å². The van der Waals surface area contributed by atoms with E-state index in [-0.39, 0.29) is 11.9 Å². The highest BCUT2D eigenvalue weighted by atomic mass is 16.2. The molecule has 0 aromatic rings. The first-order valence-electron chi connectivity index (χ1n) is 8.26. The molecule has 0 spiro atoms. The molecule has 0 bridgehead atoms. The van der Waals surface area contributed by atoms with Crippen molar-refractivity contribution >= 4 is 5.91 Å². The standard InChI is InChI=1S/C16H28N2O/c1-2-16(8-5-9-16)11-17-15(19)14-10-12-6-3-4-7-13(12)18-14/h12-14,18H,2-11H2,1H3,(H,17,19). The van der Waals surface area contributed by atoms with Gasteiger partial charge in [-0.05, 0) is 49.9 Å². The van der Waals surface area contributed by atoms with Crippen molar-refractivity contribution < 1.29 is 4.79 Å². The van der Waals surface area contributed by atoms with Crippen molar-refractivity contribution in [2.24, 2.45) is 11.3 Å². The average Bonchev–Trinajstić information content (AvgIpc) is 2.81. The molecule has 1 heterocycles. The number of amides is 1. The van der Waals surface area contributed by atoms with E-state index >= 15 is 0 Å². The van der Waals surface area contributed by atoms with Crippen LogP contribution in [0, 0.1) is 11.3 Å². The molecule has 19 heavy (non-hydrogen) atoms. The second kappa shape index (κ2) is 5.43. The van der Waals surface area contributed by atoms with Crippen molar-refractivity contribution in [1.29, 1.82) is 0 Å². The summed E-state index contributed by atoms with van der Waals surface area (Å²) in [6.07, 6.45) is 11.5. The molecule has 1 aliphatic heterocycles. The third kappa shape index (κ3) is 2.67. The highest BCUT2D eigenvalue weighted by Crippen LogP contribution is 2.43. The molecular formula is C16H28N2O. The minimum Gasteiger partial charge on any atom is -0.354 e. The summed E-state index contributed by atoms with van der Waals surface area (Å²) in [6.45, 7) is 3.16. The van der Waals surface area contributed by atoms with Crippen LogP contribution in [0.1, 0.15) is 64.7 Å². The summed E-state index contributed by atoms with van der Waals surface area (Å²) in [6, 6.07) is 0.704. The predicted octanol–water partition coefficient (Wildman–Crippen LogP) is 2.60. The molecule has 3 atom stereocenters. The normalized spacial score (nSPS) is 36.4. The van der Waals surface area contributed by atoms with Gasteiger partial charge >= 0.3 is 0 Å². The largest absolute Gasteiger partial charge is 0.354 e. The minimum atomic E-state index is 0.0853. The van der Waals surface area contributed by atoms with Gasteiger partial charge in [0.25, 0.3) is 0 Å². The van der Waals surface area contributed by atoms with Gasteiger partial charge in [0.1, 0.15) is 0 Å². The van der Waals surface area contributed by atoms with E-state index in [0.717, 1.165) is 18.9 Å². The summed E-state index contributed by atoms with van der Waals surface area (Å²) < 4.78 is 0. The van der Waals surface area contributed by atoms with Crippen LogP contribution in [0.5, 0.6) is 0 Å². The molecule has 2 N–H and O–H groups in total. The van der Waals surface area contributed by atoms with E-state index in [2.05, 4.69) is 17.6 Å². The quantitative estimate of drug-likeness (QED) is 0.819. The van der Waals surface area contributed by atoms with Gasteiger partial charge in [-0.3, -0.25) is 4.79 Å². The summed E-state index contributed by atoms with van der Waals surface area (Å²) in [5.41, 5.74) is 0.432. The van der Waals surface area contributed by atoms with E-state index in [1.54, 1.807) is 0 Å². The number of hydrogen-bond donors (Lipinski definition) is 2. The van der Waals surface area contributed by atoms with Gasteiger partial charge in [0.05, 0.1) is 6.04 Å². The molecular weight excluding hydrogens is 236 g/mol. The molecule has 2 saturated carbocycles. The summed E-state index contributed by atoms with van der Waals surface area (Å²) in [5.74, 6) is 1.02. The minimum absolute atomic E-state index is 0.0853. The van der Waals surface area contributed by atoms with Crippen LogP contribution < -0.4 is 10.6 Å². The number of fused-ring (bicyclic) bond motifs is 1. The zero-order chi connectivity index (χ0) is 13.3. The molecule has 3 aliphatic rings. The summed E-state index contributed by atoms with van der Waals surface area (Å²) in [7, 11) is 0. The molecule has 1 saturated heterocycles. The second-order valence-electron chi connectivity index (χ2n) is 7.03. The lowest BCUT2D eigenvalue weighted by atomic mass is 9.67. The van der Waals surface area contributed by atoms with Crippen molar-refractivity contribution in [2.75, 3.05) is 6.54 Å². The topological polar surface area (TPSA) is 41.1 Å². The zero-order valence-electron chi connectivity index (χ0n) is 12.2. The first kappa shape index (κ1) is 13.4. The van der Waals surface area contributed by atoms with E-state index < -0.39 is 0 Å². The van der Waals surface area contributed by atoms with Gasteiger partial charge in [-0.2, -0.15) is 0 Å². The van der Waals surface area contributed by atoms with Gasteiger partial charge in [0, 0.05) is 12.6 Å². The molecule has 3 rings (SSSR count). The van der Waals surface area contributed by atoms with Crippen LogP contribution >= 0.6 is 0 Å². The fourth-order valence-corrected chi connectivity index (χ4v) is 4.25. The maximum Gasteiger partial charge on any atom is 0.237 e. The SMILES string of the molecule is CCC1(CNC(=O)C2CC3CCCCC3N2)CCC1. The second-order valence-corrected chi connectivity index (χ2v) is 7.03. The van der Waals surface area contributed by atoms with Crippen molar-refractivity contribution in [2.45, 2.75) is 76.8 Å². The number of carbonyl (C=O) groups is 1. The number of rotatable bonds is 4. The van der Waals surface area contributed by atoms with Gasteiger partial charge in [0.15, 0.2) is 0 Å². The molecule has 0 aromatic carbocycles. The Morgan fingerprint density at radius 2 is 2.05 bits per heavy atom. The molecule has 3 heteroatoms. The summed E-state index contributed by atoms with van der Waals surface area (Å²) in [4.78, 5) is 12.3. The summed E-state index contributed by atoms with van der Waals surface area (Å²) in [5, 5.41) is 6.80. The summed E-state index contributed by atoms with van der Waals surface area (Å²) >= 11 is 0. The molecule has 1 amide bonds. The van der Waals surface area contributed by atoms with E-state index in [0.29, 0.717) is 11.5 Å². The first-order chi connectivity index (χ1) is 9.22. The maximum absolute atomic E-state index is 12.3. The Kier molecular flexibility index (Phi) is 3.84. The third-order valence-corrected chi connectivity index (χ3v) is 5.98. The van der Waals surface area contributed by atoms with Gasteiger partial charge in [-0.25, -0.2) is 0 Å². The van der Waals surface area contributed by atoms with E-state index in [9.17, 15) is 4.79 Å². The molecule has 2 aliphatic carbocycles. The predicted molar refractivity (Wildman–Crippen MR) is 76.9 cm³/mol. The molecule has 108 valence electrons. The molecule has 3 unspecified atom stereocenters. The first-order valence-corrected chi connectivity index (χ1v) is 8.26.